The maximum Gasteiger partial charge on any atom is 0.338 e. The van der Waals surface area contributed by atoms with Crippen LogP contribution < -0.4 is 11.1 Å². The molecule has 1 rings (SSSR count). The lowest BCUT2D eigenvalue weighted by molar-refractivity contribution is -0.121. The highest BCUT2D eigenvalue weighted by atomic mass is 79.9. The molecule has 19 heavy (non-hydrogen) atoms. The first-order chi connectivity index (χ1) is 8.99. The molecule has 0 saturated carbocycles. The van der Waals surface area contributed by atoms with E-state index in [0.29, 0.717) is 17.9 Å². The van der Waals surface area contributed by atoms with Gasteiger partial charge in [0, 0.05) is 17.4 Å². The van der Waals surface area contributed by atoms with Crippen molar-refractivity contribution >= 4 is 27.9 Å². The molecule has 0 saturated heterocycles. The van der Waals surface area contributed by atoms with Crippen molar-refractivity contribution in [1.29, 1.82) is 0 Å². The molecule has 0 spiro atoms. The third-order valence-electron chi connectivity index (χ3n) is 2.45. The number of benzene rings is 1. The standard InChI is InChI=1S/C12H16BrN3O3/c13-10-4-1-9(2-5-10)3-6-11(17)15-7-8-16(19)12(14)18/h1-2,4-5,19H,3,6-8H2,(H2,14,18)(H,15,17). The van der Waals surface area contributed by atoms with Crippen LogP contribution in [0.5, 0.6) is 0 Å². The topological polar surface area (TPSA) is 95.7 Å². The minimum Gasteiger partial charge on any atom is -0.354 e. The number of nitrogens with one attached hydrogen (secondary N) is 1. The van der Waals surface area contributed by atoms with Gasteiger partial charge in [0.1, 0.15) is 0 Å². The zero-order chi connectivity index (χ0) is 14.3. The van der Waals surface area contributed by atoms with Crippen LogP contribution >= 0.6 is 15.9 Å². The summed E-state index contributed by atoms with van der Waals surface area (Å²) in [5, 5.41) is 11.9. The number of hydroxylamine groups is 2. The number of rotatable bonds is 6. The lowest BCUT2D eigenvalue weighted by Gasteiger charge is -2.12. The number of amides is 3. The van der Waals surface area contributed by atoms with E-state index < -0.39 is 6.03 Å². The van der Waals surface area contributed by atoms with Gasteiger partial charge in [-0.3, -0.25) is 10.0 Å². The van der Waals surface area contributed by atoms with Crippen molar-refractivity contribution in [3.05, 3.63) is 34.3 Å². The van der Waals surface area contributed by atoms with Crippen molar-refractivity contribution in [1.82, 2.24) is 10.4 Å². The summed E-state index contributed by atoms with van der Waals surface area (Å²) in [4.78, 5) is 22.0. The maximum atomic E-state index is 11.5. The van der Waals surface area contributed by atoms with Gasteiger partial charge in [0.05, 0.1) is 6.54 Å². The van der Waals surface area contributed by atoms with E-state index in [2.05, 4.69) is 21.2 Å². The van der Waals surface area contributed by atoms with Crippen LogP contribution in [0, 0.1) is 0 Å². The first-order valence-corrected chi connectivity index (χ1v) is 6.55. The minimum atomic E-state index is -0.941. The van der Waals surface area contributed by atoms with E-state index in [1.807, 2.05) is 24.3 Å². The number of hydrogen-bond donors (Lipinski definition) is 3. The summed E-state index contributed by atoms with van der Waals surface area (Å²) in [5.41, 5.74) is 5.89. The van der Waals surface area contributed by atoms with E-state index in [1.54, 1.807) is 0 Å². The van der Waals surface area contributed by atoms with Gasteiger partial charge >= 0.3 is 6.03 Å². The smallest absolute Gasteiger partial charge is 0.338 e. The summed E-state index contributed by atoms with van der Waals surface area (Å²) in [5.74, 6) is -0.138. The largest absolute Gasteiger partial charge is 0.354 e. The van der Waals surface area contributed by atoms with E-state index >= 15 is 0 Å². The van der Waals surface area contributed by atoms with E-state index in [1.165, 1.54) is 0 Å². The van der Waals surface area contributed by atoms with Crippen molar-refractivity contribution < 1.29 is 14.8 Å². The van der Waals surface area contributed by atoms with Gasteiger partial charge in [0.15, 0.2) is 0 Å². The molecule has 0 aliphatic rings. The molecule has 104 valence electrons. The van der Waals surface area contributed by atoms with Crippen molar-refractivity contribution in [2.24, 2.45) is 5.73 Å². The molecular weight excluding hydrogens is 314 g/mol. The molecule has 0 aliphatic heterocycles. The Morgan fingerprint density at radius 3 is 2.53 bits per heavy atom. The molecule has 0 bridgehead atoms. The van der Waals surface area contributed by atoms with Crippen LogP contribution in [0.4, 0.5) is 4.79 Å². The Labute approximate surface area is 119 Å². The van der Waals surface area contributed by atoms with Crippen molar-refractivity contribution in [3.63, 3.8) is 0 Å². The van der Waals surface area contributed by atoms with E-state index in [4.69, 9.17) is 10.9 Å². The first-order valence-electron chi connectivity index (χ1n) is 5.76. The second-order valence-electron chi connectivity index (χ2n) is 3.94. The lowest BCUT2D eigenvalue weighted by atomic mass is 10.1. The number of carbonyl (C=O) groups excluding carboxylic acids is 2. The van der Waals surface area contributed by atoms with Crippen LogP contribution in [0.3, 0.4) is 0 Å². The zero-order valence-electron chi connectivity index (χ0n) is 10.3. The Kier molecular flexibility index (Phi) is 6.31. The Balaban J connectivity index is 2.21. The number of halogens is 1. The molecule has 0 unspecified atom stereocenters. The van der Waals surface area contributed by atoms with Gasteiger partial charge in [-0.25, -0.2) is 9.86 Å². The van der Waals surface area contributed by atoms with Gasteiger partial charge in [-0.2, -0.15) is 0 Å². The maximum absolute atomic E-state index is 11.5. The molecule has 1 aromatic rings. The number of urea groups is 1. The average molecular weight is 330 g/mol. The molecular formula is C12H16BrN3O3. The lowest BCUT2D eigenvalue weighted by Crippen LogP contribution is -2.39. The number of primary amides is 1. The molecule has 3 amide bonds. The van der Waals surface area contributed by atoms with Crippen LogP contribution in [0.2, 0.25) is 0 Å². The van der Waals surface area contributed by atoms with Crippen LogP contribution in [0.1, 0.15) is 12.0 Å². The molecule has 0 aliphatic carbocycles. The highest BCUT2D eigenvalue weighted by Gasteiger charge is 2.06. The van der Waals surface area contributed by atoms with Crippen LogP contribution in [-0.2, 0) is 11.2 Å². The molecule has 0 radical (unpaired) electrons. The van der Waals surface area contributed by atoms with E-state index in [-0.39, 0.29) is 19.0 Å². The molecule has 0 heterocycles. The fourth-order valence-corrected chi connectivity index (χ4v) is 1.67. The van der Waals surface area contributed by atoms with Crippen molar-refractivity contribution in [2.75, 3.05) is 13.1 Å². The summed E-state index contributed by atoms with van der Waals surface area (Å²) in [6, 6.07) is 6.79. The Bertz CT molecular complexity index is 436. The Morgan fingerprint density at radius 1 is 1.32 bits per heavy atom. The fraction of sp³-hybridized carbons (Fsp3) is 0.333. The van der Waals surface area contributed by atoms with Gasteiger partial charge in [0.25, 0.3) is 0 Å². The predicted molar refractivity (Wildman–Crippen MR) is 73.5 cm³/mol. The Morgan fingerprint density at radius 2 is 1.95 bits per heavy atom. The van der Waals surface area contributed by atoms with Gasteiger partial charge < -0.3 is 11.1 Å². The molecule has 6 nitrogen and oxygen atoms in total. The fourth-order valence-electron chi connectivity index (χ4n) is 1.41. The van der Waals surface area contributed by atoms with E-state index in [9.17, 15) is 9.59 Å². The third-order valence-corrected chi connectivity index (χ3v) is 2.98. The monoisotopic (exact) mass is 329 g/mol. The Hall–Kier alpha value is -1.60. The molecule has 7 heteroatoms. The molecule has 0 atom stereocenters. The molecule has 0 fully saturated rings. The number of carbonyl (C=O) groups is 2. The van der Waals surface area contributed by atoms with Gasteiger partial charge in [0.2, 0.25) is 5.91 Å². The van der Waals surface area contributed by atoms with Gasteiger partial charge in [-0.15, -0.1) is 0 Å². The van der Waals surface area contributed by atoms with Crippen LogP contribution in [0.15, 0.2) is 28.7 Å². The number of aryl methyl sites for hydroxylation is 1. The third kappa shape index (κ3) is 6.21. The number of nitrogens with two attached hydrogens (primary N) is 1. The highest BCUT2D eigenvalue weighted by molar-refractivity contribution is 9.10. The van der Waals surface area contributed by atoms with Crippen molar-refractivity contribution in [3.8, 4) is 0 Å². The SMILES string of the molecule is NC(=O)N(O)CCNC(=O)CCc1ccc(Br)cc1. The van der Waals surface area contributed by atoms with Gasteiger partial charge in [-0.05, 0) is 24.1 Å². The quantitative estimate of drug-likeness (QED) is 0.541. The molecule has 4 N–H and O–H groups in total. The minimum absolute atomic E-state index is 0.0284. The number of nitrogens with zero attached hydrogens (tertiary/aromatic N) is 1. The molecule has 0 aromatic heterocycles. The van der Waals surface area contributed by atoms with E-state index in [0.717, 1.165) is 10.0 Å². The van der Waals surface area contributed by atoms with Crippen LogP contribution in [-0.4, -0.2) is 35.3 Å². The second kappa shape index (κ2) is 7.75. The predicted octanol–water partition coefficient (Wildman–Crippen LogP) is 1.27. The summed E-state index contributed by atoms with van der Waals surface area (Å²) >= 11 is 3.34. The average Bonchev–Trinajstić information content (AvgIpc) is 2.37. The normalized spacial score (nSPS) is 10.0. The summed E-state index contributed by atoms with van der Waals surface area (Å²) in [6.07, 6.45) is 0.988. The highest BCUT2D eigenvalue weighted by Crippen LogP contribution is 2.11. The zero-order valence-corrected chi connectivity index (χ0v) is 11.9. The van der Waals surface area contributed by atoms with Crippen LogP contribution in [0.25, 0.3) is 0 Å². The van der Waals surface area contributed by atoms with Gasteiger partial charge in [-0.1, -0.05) is 28.1 Å². The van der Waals surface area contributed by atoms with Crippen molar-refractivity contribution in [2.45, 2.75) is 12.8 Å². The molecule has 1 aromatic carbocycles. The summed E-state index contributed by atoms with van der Waals surface area (Å²) < 4.78 is 0.996. The second-order valence-corrected chi connectivity index (χ2v) is 4.85. The summed E-state index contributed by atoms with van der Waals surface area (Å²) in [6.45, 7) is 0.137. The first kappa shape index (κ1) is 15.5. The summed E-state index contributed by atoms with van der Waals surface area (Å²) in [7, 11) is 0. The number of hydrogen-bond acceptors (Lipinski definition) is 3.